The maximum absolute atomic E-state index is 5.94. The highest BCUT2D eigenvalue weighted by atomic mass is 35.5. The van der Waals surface area contributed by atoms with Crippen LogP contribution in [0, 0.1) is 0 Å². The van der Waals surface area contributed by atoms with E-state index >= 15 is 0 Å². The van der Waals surface area contributed by atoms with Gasteiger partial charge in [-0.1, -0.05) is 12.1 Å². The predicted octanol–water partition coefficient (Wildman–Crippen LogP) is 3.47. The number of aromatic nitrogens is 1. The second-order valence-electron chi connectivity index (χ2n) is 4.35. The molecule has 0 aliphatic rings. The van der Waals surface area contributed by atoms with Gasteiger partial charge in [-0.3, -0.25) is 4.98 Å². The molecule has 0 bridgehead atoms. The van der Waals surface area contributed by atoms with Crippen LogP contribution < -0.4 is 9.64 Å². The van der Waals surface area contributed by atoms with E-state index in [2.05, 4.69) is 16.0 Å². The van der Waals surface area contributed by atoms with E-state index in [0.717, 1.165) is 23.5 Å². The van der Waals surface area contributed by atoms with Crippen molar-refractivity contribution in [2.75, 3.05) is 19.1 Å². The molecule has 19 heavy (non-hydrogen) atoms. The van der Waals surface area contributed by atoms with E-state index in [1.807, 2.05) is 37.5 Å². The lowest BCUT2D eigenvalue weighted by Crippen LogP contribution is -2.17. The highest BCUT2D eigenvalue weighted by Gasteiger charge is 2.07. The van der Waals surface area contributed by atoms with Gasteiger partial charge in [-0.25, -0.2) is 0 Å². The van der Waals surface area contributed by atoms with Gasteiger partial charge in [0.25, 0.3) is 0 Å². The third-order valence-corrected chi connectivity index (χ3v) is 3.27. The minimum atomic E-state index is 0.464. The largest absolute Gasteiger partial charge is 0.497 e. The summed E-state index contributed by atoms with van der Waals surface area (Å²) in [6, 6.07) is 10.0. The Morgan fingerprint density at radius 2 is 2.16 bits per heavy atom. The van der Waals surface area contributed by atoms with Crippen LogP contribution in [-0.2, 0) is 12.4 Å². The van der Waals surface area contributed by atoms with Crippen LogP contribution in [0.5, 0.6) is 5.75 Å². The number of nitrogens with zero attached hydrogens (tertiary/aromatic N) is 2. The Balaban J connectivity index is 2.18. The lowest BCUT2D eigenvalue weighted by atomic mass is 10.1. The molecule has 100 valence electrons. The Kier molecular flexibility index (Phi) is 4.63. The van der Waals surface area contributed by atoms with Crippen molar-refractivity contribution in [3.8, 4) is 5.75 Å². The number of methoxy groups -OCH3 is 1. The van der Waals surface area contributed by atoms with E-state index in [0.29, 0.717) is 5.88 Å². The molecule has 1 aromatic heterocycles. The van der Waals surface area contributed by atoms with Gasteiger partial charge in [0.15, 0.2) is 0 Å². The fourth-order valence-corrected chi connectivity index (χ4v) is 2.23. The minimum Gasteiger partial charge on any atom is -0.497 e. The lowest BCUT2D eigenvalue weighted by molar-refractivity contribution is 0.414. The van der Waals surface area contributed by atoms with Gasteiger partial charge in [-0.05, 0) is 23.8 Å². The summed E-state index contributed by atoms with van der Waals surface area (Å²) in [6.45, 7) is 0.797. The van der Waals surface area contributed by atoms with E-state index in [-0.39, 0.29) is 0 Å². The monoisotopic (exact) mass is 276 g/mol. The number of halogens is 1. The highest BCUT2D eigenvalue weighted by Crippen LogP contribution is 2.22. The summed E-state index contributed by atoms with van der Waals surface area (Å²) >= 11 is 5.94. The van der Waals surface area contributed by atoms with Crippen LogP contribution in [0.25, 0.3) is 0 Å². The molecule has 0 amide bonds. The third-order valence-electron chi connectivity index (χ3n) is 2.99. The zero-order chi connectivity index (χ0) is 13.7. The molecule has 0 spiro atoms. The number of rotatable bonds is 5. The molecule has 0 aliphatic heterocycles. The summed E-state index contributed by atoms with van der Waals surface area (Å²) in [6.07, 6.45) is 3.60. The molecule has 0 unspecified atom stereocenters. The van der Waals surface area contributed by atoms with Crippen LogP contribution in [0.3, 0.4) is 0 Å². The summed E-state index contributed by atoms with van der Waals surface area (Å²) in [5.41, 5.74) is 3.33. The third kappa shape index (κ3) is 3.38. The van der Waals surface area contributed by atoms with Gasteiger partial charge < -0.3 is 9.64 Å². The van der Waals surface area contributed by atoms with E-state index < -0.39 is 0 Å². The highest BCUT2D eigenvalue weighted by molar-refractivity contribution is 6.17. The molecule has 1 aromatic carbocycles. The Labute approximate surface area is 118 Å². The minimum absolute atomic E-state index is 0.464. The fraction of sp³-hybridized carbons (Fsp3) is 0.267. The number of hydrogen-bond acceptors (Lipinski definition) is 3. The van der Waals surface area contributed by atoms with Crippen molar-refractivity contribution in [3.63, 3.8) is 0 Å². The van der Waals surface area contributed by atoms with Crippen molar-refractivity contribution < 1.29 is 4.74 Å². The Hall–Kier alpha value is -1.74. The van der Waals surface area contributed by atoms with Crippen molar-refractivity contribution >= 4 is 17.3 Å². The van der Waals surface area contributed by atoms with Gasteiger partial charge in [-0.2, -0.15) is 0 Å². The maximum atomic E-state index is 5.94. The molecule has 0 fully saturated rings. The normalized spacial score (nSPS) is 10.3. The summed E-state index contributed by atoms with van der Waals surface area (Å²) in [4.78, 5) is 6.26. The summed E-state index contributed by atoms with van der Waals surface area (Å²) in [5, 5.41) is 0. The quantitative estimate of drug-likeness (QED) is 0.782. The van der Waals surface area contributed by atoms with Gasteiger partial charge in [0.05, 0.1) is 13.0 Å². The SMILES string of the molecule is COc1cccc(CN(C)c2ccncc2CCl)c1. The molecule has 4 heteroatoms. The van der Waals surface area contributed by atoms with E-state index in [4.69, 9.17) is 16.3 Å². The van der Waals surface area contributed by atoms with Gasteiger partial charge >= 0.3 is 0 Å². The second-order valence-corrected chi connectivity index (χ2v) is 4.61. The molecule has 0 aliphatic carbocycles. The molecule has 2 rings (SSSR count). The first-order valence-corrected chi connectivity index (χ1v) is 6.61. The van der Waals surface area contributed by atoms with Gasteiger partial charge in [-0.15, -0.1) is 11.6 Å². The first kappa shape index (κ1) is 13.7. The molecular formula is C15H17ClN2O. The molecule has 0 saturated heterocycles. The zero-order valence-electron chi connectivity index (χ0n) is 11.1. The smallest absolute Gasteiger partial charge is 0.119 e. The molecule has 3 nitrogen and oxygen atoms in total. The molecule has 0 radical (unpaired) electrons. The van der Waals surface area contributed by atoms with Gasteiger partial charge in [0.2, 0.25) is 0 Å². The molecule has 0 saturated carbocycles. The first-order chi connectivity index (χ1) is 9.24. The number of hydrogen-bond donors (Lipinski definition) is 0. The molecule has 0 atom stereocenters. The summed E-state index contributed by atoms with van der Waals surface area (Å²) < 4.78 is 5.24. The van der Waals surface area contributed by atoms with Crippen LogP contribution >= 0.6 is 11.6 Å². The Morgan fingerprint density at radius 3 is 2.89 bits per heavy atom. The zero-order valence-corrected chi connectivity index (χ0v) is 11.9. The molecule has 2 aromatic rings. The molecule has 0 N–H and O–H groups in total. The average molecular weight is 277 g/mol. The first-order valence-electron chi connectivity index (χ1n) is 6.07. The number of benzene rings is 1. The van der Waals surface area contributed by atoms with Gasteiger partial charge in [0.1, 0.15) is 5.75 Å². The Bertz CT molecular complexity index is 545. The Morgan fingerprint density at radius 1 is 1.32 bits per heavy atom. The predicted molar refractivity (Wildman–Crippen MR) is 78.9 cm³/mol. The lowest BCUT2D eigenvalue weighted by Gasteiger charge is -2.21. The average Bonchev–Trinajstić information content (AvgIpc) is 2.47. The summed E-state index contributed by atoms with van der Waals surface area (Å²) in [5.74, 6) is 1.34. The van der Waals surface area contributed by atoms with Crippen molar-refractivity contribution in [2.24, 2.45) is 0 Å². The van der Waals surface area contributed by atoms with Crippen molar-refractivity contribution in [1.29, 1.82) is 0 Å². The van der Waals surface area contributed by atoms with E-state index in [1.165, 1.54) is 5.56 Å². The molecule has 1 heterocycles. The number of pyridine rings is 1. The van der Waals surface area contributed by atoms with E-state index in [9.17, 15) is 0 Å². The topological polar surface area (TPSA) is 25.4 Å². The van der Waals surface area contributed by atoms with Crippen LogP contribution in [0.1, 0.15) is 11.1 Å². The standard InChI is InChI=1S/C15H17ClN2O/c1-18(15-6-7-17-10-13(15)9-16)11-12-4-3-5-14(8-12)19-2/h3-8,10H,9,11H2,1-2H3. The number of alkyl halides is 1. The molecular weight excluding hydrogens is 260 g/mol. The van der Waals surface area contributed by atoms with Gasteiger partial charge in [0, 0.05) is 37.2 Å². The van der Waals surface area contributed by atoms with Crippen LogP contribution in [0.15, 0.2) is 42.7 Å². The van der Waals surface area contributed by atoms with Crippen LogP contribution in [0.2, 0.25) is 0 Å². The number of ether oxygens (including phenoxy) is 1. The van der Waals surface area contributed by atoms with Crippen LogP contribution in [0.4, 0.5) is 5.69 Å². The van der Waals surface area contributed by atoms with Crippen molar-refractivity contribution in [3.05, 3.63) is 53.9 Å². The van der Waals surface area contributed by atoms with Crippen LogP contribution in [-0.4, -0.2) is 19.1 Å². The van der Waals surface area contributed by atoms with E-state index in [1.54, 1.807) is 13.3 Å². The number of anilines is 1. The van der Waals surface area contributed by atoms with Crippen molar-refractivity contribution in [2.45, 2.75) is 12.4 Å². The maximum Gasteiger partial charge on any atom is 0.119 e. The summed E-state index contributed by atoms with van der Waals surface area (Å²) in [7, 11) is 3.72. The second kappa shape index (κ2) is 6.43. The fourth-order valence-electron chi connectivity index (χ4n) is 2.03. The van der Waals surface area contributed by atoms with Crippen molar-refractivity contribution in [1.82, 2.24) is 4.98 Å².